The lowest BCUT2D eigenvalue weighted by Gasteiger charge is -2.07. The highest BCUT2D eigenvalue weighted by molar-refractivity contribution is 6.30. The number of nitrogens with zero attached hydrogens (tertiary/aromatic N) is 1. The number of carbonyl (C=O) groups is 2. The Balaban J connectivity index is 1.61. The van der Waals surface area contributed by atoms with Gasteiger partial charge in [0, 0.05) is 10.6 Å². The van der Waals surface area contributed by atoms with Gasteiger partial charge < -0.3 is 13.9 Å². The molecule has 28 heavy (non-hydrogen) atoms. The van der Waals surface area contributed by atoms with Crippen LogP contribution >= 0.6 is 11.6 Å². The summed E-state index contributed by atoms with van der Waals surface area (Å²) in [6.45, 7) is 0. The van der Waals surface area contributed by atoms with Crippen molar-refractivity contribution in [1.82, 2.24) is 0 Å². The Morgan fingerprint density at radius 1 is 1.04 bits per heavy atom. The Morgan fingerprint density at radius 3 is 2.57 bits per heavy atom. The van der Waals surface area contributed by atoms with E-state index in [1.54, 1.807) is 60.7 Å². The van der Waals surface area contributed by atoms with Gasteiger partial charge in [-0.2, -0.15) is 0 Å². The highest BCUT2D eigenvalue weighted by atomic mass is 35.5. The van der Waals surface area contributed by atoms with E-state index in [-0.39, 0.29) is 17.3 Å². The van der Waals surface area contributed by atoms with Crippen molar-refractivity contribution in [3.05, 3.63) is 94.5 Å². The minimum atomic E-state index is -0.620. The van der Waals surface area contributed by atoms with Crippen LogP contribution < -0.4 is 4.74 Å². The zero-order chi connectivity index (χ0) is 19.5. The average Bonchev–Trinajstić information content (AvgIpc) is 3.34. The Morgan fingerprint density at radius 2 is 1.82 bits per heavy atom. The number of hydrogen-bond acceptors (Lipinski definition) is 6. The number of hydrogen-bond donors (Lipinski definition) is 0. The molecule has 7 heteroatoms. The lowest BCUT2D eigenvalue weighted by atomic mass is 10.1. The maximum absolute atomic E-state index is 12.4. The van der Waals surface area contributed by atoms with Crippen molar-refractivity contribution >= 4 is 35.5 Å². The molecular weight excluding hydrogens is 382 g/mol. The van der Waals surface area contributed by atoms with Gasteiger partial charge in [-0.25, -0.2) is 14.6 Å². The first kappa shape index (κ1) is 17.8. The van der Waals surface area contributed by atoms with Crippen molar-refractivity contribution in [3.8, 4) is 5.75 Å². The average molecular weight is 394 g/mol. The summed E-state index contributed by atoms with van der Waals surface area (Å²) in [6, 6.07) is 16.4. The maximum Gasteiger partial charge on any atom is 0.363 e. The van der Waals surface area contributed by atoms with E-state index in [1.807, 2.05) is 0 Å². The molecule has 0 saturated carbocycles. The van der Waals surface area contributed by atoms with Crippen LogP contribution in [0.1, 0.15) is 21.7 Å². The number of esters is 2. The fourth-order valence-corrected chi connectivity index (χ4v) is 2.63. The highest BCUT2D eigenvalue weighted by Gasteiger charge is 2.26. The Hall–Kier alpha value is -3.64. The van der Waals surface area contributed by atoms with Crippen LogP contribution in [0.15, 0.2) is 82.0 Å². The summed E-state index contributed by atoms with van der Waals surface area (Å²) in [6.07, 6.45) is 2.95. The summed E-state index contributed by atoms with van der Waals surface area (Å²) in [7, 11) is 0. The summed E-state index contributed by atoms with van der Waals surface area (Å²) in [5.74, 6) is -0.456. The van der Waals surface area contributed by atoms with Gasteiger partial charge in [-0.05, 0) is 48.5 Å². The molecule has 0 radical (unpaired) electrons. The molecule has 0 amide bonds. The summed E-state index contributed by atoms with van der Waals surface area (Å²) in [5, 5.41) is 0.520. The number of furan rings is 1. The van der Waals surface area contributed by atoms with Crippen molar-refractivity contribution in [2.45, 2.75) is 0 Å². The fraction of sp³-hybridized carbons (Fsp3) is 0. The van der Waals surface area contributed by atoms with Crippen LogP contribution in [-0.4, -0.2) is 17.8 Å². The van der Waals surface area contributed by atoms with Gasteiger partial charge in [0.1, 0.15) is 5.75 Å². The number of rotatable bonds is 4. The molecular formula is C21H12ClNO5. The molecule has 138 valence electrons. The molecule has 4 rings (SSSR count). The molecule has 0 aliphatic carbocycles. The normalized spacial score (nSPS) is 14.7. The monoisotopic (exact) mass is 393 g/mol. The van der Waals surface area contributed by atoms with Crippen LogP contribution in [0.5, 0.6) is 5.75 Å². The van der Waals surface area contributed by atoms with Crippen LogP contribution in [0.25, 0.3) is 6.08 Å². The number of benzene rings is 2. The highest BCUT2D eigenvalue weighted by Crippen LogP contribution is 2.25. The molecule has 1 aliphatic heterocycles. The van der Waals surface area contributed by atoms with E-state index in [9.17, 15) is 9.59 Å². The number of ether oxygens (including phenoxy) is 2. The molecule has 0 unspecified atom stereocenters. The number of aliphatic imine (C=N–C) groups is 1. The number of para-hydroxylation sites is 1. The van der Waals surface area contributed by atoms with Crippen molar-refractivity contribution in [1.29, 1.82) is 0 Å². The third kappa shape index (κ3) is 3.72. The van der Waals surface area contributed by atoms with Gasteiger partial charge in [-0.3, -0.25) is 0 Å². The SMILES string of the molecule is O=C1OC(c2ccco2)=N/C1=C/c1ccccc1OC(=O)c1ccc(Cl)cc1. The van der Waals surface area contributed by atoms with E-state index in [4.69, 9.17) is 25.5 Å². The number of halogens is 1. The number of carbonyl (C=O) groups excluding carboxylic acids is 2. The van der Waals surface area contributed by atoms with Crippen LogP contribution in [0.2, 0.25) is 5.02 Å². The predicted octanol–water partition coefficient (Wildman–Crippen LogP) is 4.50. The molecule has 2 aromatic carbocycles. The second-order valence-electron chi connectivity index (χ2n) is 5.75. The molecule has 0 fully saturated rings. The topological polar surface area (TPSA) is 78.1 Å². The van der Waals surface area contributed by atoms with E-state index >= 15 is 0 Å². The van der Waals surface area contributed by atoms with E-state index in [0.29, 0.717) is 21.9 Å². The predicted molar refractivity (Wildman–Crippen MR) is 102 cm³/mol. The first-order chi connectivity index (χ1) is 13.6. The van der Waals surface area contributed by atoms with Crippen molar-refractivity contribution < 1.29 is 23.5 Å². The van der Waals surface area contributed by atoms with E-state index in [2.05, 4.69) is 4.99 Å². The molecule has 0 spiro atoms. The zero-order valence-electron chi connectivity index (χ0n) is 14.3. The van der Waals surface area contributed by atoms with E-state index < -0.39 is 11.9 Å². The molecule has 0 N–H and O–H groups in total. The molecule has 0 bridgehead atoms. The molecule has 1 aliphatic rings. The smallest absolute Gasteiger partial charge is 0.363 e. The largest absolute Gasteiger partial charge is 0.459 e. The Labute approximate surface area is 164 Å². The van der Waals surface area contributed by atoms with Gasteiger partial charge in [0.25, 0.3) is 5.90 Å². The van der Waals surface area contributed by atoms with Gasteiger partial charge in [0.05, 0.1) is 11.8 Å². The van der Waals surface area contributed by atoms with Gasteiger partial charge >= 0.3 is 11.9 Å². The van der Waals surface area contributed by atoms with Gasteiger partial charge in [0.2, 0.25) is 0 Å². The third-order valence-corrected chi connectivity index (χ3v) is 4.10. The first-order valence-corrected chi connectivity index (χ1v) is 8.61. The van der Waals surface area contributed by atoms with Gasteiger partial charge in [-0.1, -0.05) is 29.8 Å². The molecule has 3 aromatic rings. The first-order valence-electron chi connectivity index (χ1n) is 8.23. The van der Waals surface area contributed by atoms with E-state index in [0.717, 1.165) is 0 Å². The van der Waals surface area contributed by atoms with Crippen LogP contribution in [-0.2, 0) is 9.53 Å². The number of cyclic esters (lactones) is 1. The Bertz CT molecular complexity index is 1100. The Kier molecular flexibility index (Phi) is 4.78. The quantitative estimate of drug-likeness (QED) is 0.370. The van der Waals surface area contributed by atoms with Crippen LogP contribution in [0, 0.1) is 0 Å². The molecule has 1 aromatic heterocycles. The summed E-state index contributed by atoms with van der Waals surface area (Å²) in [4.78, 5) is 28.6. The summed E-state index contributed by atoms with van der Waals surface area (Å²) < 4.78 is 15.8. The van der Waals surface area contributed by atoms with Crippen molar-refractivity contribution in [2.24, 2.45) is 4.99 Å². The van der Waals surface area contributed by atoms with Crippen LogP contribution in [0.3, 0.4) is 0 Å². The minimum absolute atomic E-state index is 0.0707. The van der Waals surface area contributed by atoms with Gasteiger partial charge in [0.15, 0.2) is 11.5 Å². The lowest BCUT2D eigenvalue weighted by molar-refractivity contribution is -0.130. The summed E-state index contributed by atoms with van der Waals surface area (Å²) >= 11 is 5.84. The zero-order valence-corrected chi connectivity index (χ0v) is 15.1. The third-order valence-electron chi connectivity index (χ3n) is 3.85. The standard InChI is InChI=1S/C21H12ClNO5/c22-15-9-7-13(8-10-15)20(24)27-17-5-2-1-4-14(17)12-16-21(25)28-19(23-16)18-6-3-11-26-18/h1-12H/b16-12+. The molecule has 2 heterocycles. The second kappa shape index (κ2) is 7.54. The van der Waals surface area contributed by atoms with Crippen molar-refractivity contribution in [2.75, 3.05) is 0 Å². The maximum atomic E-state index is 12.4. The summed E-state index contributed by atoms with van der Waals surface area (Å²) in [5.41, 5.74) is 0.924. The van der Waals surface area contributed by atoms with E-state index in [1.165, 1.54) is 12.3 Å². The van der Waals surface area contributed by atoms with Gasteiger partial charge in [-0.15, -0.1) is 0 Å². The molecule has 6 nitrogen and oxygen atoms in total. The minimum Gasteiger partial charge on any atom is -0.459 e. The molecule has 0 saturated heterocycles. The fourth-order valence-electron chi connectivity index (χ4n) is 2.50. The van der Waals surface area contributed by atoms with Crippen LogP contribution in [0.4, 0.5) is 0 Å². The second-order valence-corrected chi connectivity index (χ2v) is 6.18. The lowest BCUT2D eigenvalue weighted by Crippen LogP contribution is -2.09. The molecule has 0 atom stereocenters. The van der Waals surface area contributed by atoms with Crippen molar-refractivity contribution in [3.63, 3.8) is 0 Å².